The van der Waals surface area contributed by atoms with Gasteiger partial charge in [-0.1, -0.05) is 48.5 Å². The molecule has 1 unspecified atom stereocenters. The summed E-state index contributed by atoms with van der Waals surface area (Å²) in [5, 5.41) is 12.1. The summed E-state index contributed by atoms with van der Waals surface area (Å²) in [6.45, 7) is 1.83. The Morgan fingerprint density at radius 1 is 1.24 bits per heavy atom. The second-order valence-electron chi connectivity index (χ2n) is 7.48. The Kier molecular flexibility index (Phi) is 7.52. The van der Waals surface area contributed by atoms with Crippen molar-refractivity contribution in [3.8, 4) is 0 Å². The van der Waals surface area contributed by atoms with Crippen LogP contribution in [-0.2, 0) is 27.3 Å². The van der Waals surface area contributed by atoms with Gasteiger partial charge < -0.3 is 9.69 Å². The van der Waals surface area contributed by atoms with E-state index in [1.54, 1.807) is 11.8 Å². The number of aryl methyl sites for hydroxylation is 2. The fraction of sp³-hybridized carbons (Fsp3) is 0.391. The van der Waals surface area contributed by atoms with Crippen molar-refractivity contribution in [2.24, 2.45) is 0 Å². The summed E-state index contributed by atoms with van der Waals surface area (Å²) < 4.78 is 0. The average Bonchev–Trinajstić information content (AvgIpc) is 2.76. The van der Waals surface area contributed by atoms with E-state index in [0.717, 1.165) is 35.9 Å². The molecule has 1 heterocycles. The molecule has 0 radical (unpaired) electrons. The topological polar surface area (TPSA) is 78.9 Å². The number of carbonyl (C=O) groups excluding carboxylic acids is 2. The van der Waals surface area contributed by atoms with Gasteiger partial charge in [0.1, 0.15) is 12.9 Å². The van der Waals surface area contributed by atoms with Gasteiger partial charge in [-0.2, -0.15) is 0 Å². The van der Waals surface area contributed by atoms with Crippen LogP contribution in [0.15, 0.2) is 54.6 Å². The second kappa shape index (κ2) is 10.3. The SMILES string of the molecule is C[C@@H](N[C@H](C=O)CCc1ccccc1)C(=O)N1c2ccccc2CCC1COO. The number of nitrogens with zero attached hydrogens (tertiary/aromatic N) is 1. The number of hydrogen-bond donors (Lipinski definition) is 2. The largest absolute Gasteiger partial charge is 0.305 e. The maximum absolute atomic E-state index is 13.3. The number of anilines is 1. The summed E-state index contributed by atoms with van der Waals surface area (Å²) >= 11 is 0. The third-order valence-electron chi connectivity index (χ3n) is 5.45. The molecule has 29 heavy (non-hydrogen) atoms. The highest BCUT2D eigenvalue weighted by molar-refractivity contribution is 5.98. The molecule has 1 aliphatic rings. The van der Waals surface area contributed by atoms with Gasteiger partial charge in [0.2, 0.25) is 5.91 Å². The van der Waals surface area contributed by atoms with Gasteiger partial charge in [0.05, 0.1) is 18.1 Å². The zero-order valence-corrected chi connectivity index (χ0v) is 16.7. The summed E-state index contributed by atoms with van der Waals surface area (Å²) in [6.07, 6.45) is 3.77. The molecule has 2 N–H and O–H groups in total. The van der Waals surface area contributed by atoms with E-state index >= 15 is 0 Å². The zero-order chi connectivity index (χ0) is 20.6. The van der Waals surface area contributed by atoms with E-state index in [1.165, 1.54) is 0 Å². The van der Waals surface area contributed by atoms with Crippen LogP contribution in [0.2, 0.25) is 0 Å². The molecule has 0 saturated carbocycles. The minimum atomic E-state index is -0.548. The molecule has 2 aromatic rings. The minimum Gasteiger partial charge on any atom is -0.305 e. The van der Waals surface area contributed by atoms with Crippen LogP contribution in [0.4, 0.5) is 5.69 Å². The first kappa shape index (κ1) is 21.2. The van der Waals surface area contributed by atoms with Crippen LogP contribution < -0.4 is 10.2 Å². The van der Waals surface area contributed by atoms with Crippen LogP contribution in [0, 0.1) is 0 Å². The van der Waals surface area contributed by atoms with Gasteiger partial charge in [0.25, 0.3) is 0 Å². The van der Waals surface area contributed by atoms with Crippen LogP contribution in [0.5, 0.6) is 0 Å². The fourth-order valence-corrected chi connectivity index (χ4v) is 3.91. The van der Waals surface area contributed by atoms with Crippen molar-refractivity contribution in [2.75, 3.05) is 11.5 Å². The van der Waals surface area contributed by atoms with Crippen LogP contribution in [0.25, 0.3) is 0 Å². The van der Waals surface area contributed by atoms with Gasteiger partial charge in [-0.3, -0.25) is 15.4 Å². The standard InChI is InChI=1S/C23H28N2O4/c1-17(24-20(15-26)13-11-18-7-3-2-4-8-18)23(27)25-21(16-29-28)14-12-19-9-5-6-10-22(19)25/h2-10,15,17,20-21,24,28H,11-14,16H2,1H3/t17-,20+,21?/m1/s1. The third kappa shape index (κ3) is 5.29. The lowest BCUT2D eigenvalue weighted by molar-refractivity contribution is -0.245. The Balaban J connectivity index is 1.69. The number of fused-ring (bicyclic) bond motifs is 1. The highest BCUT2D eigenvalue weighted by atomic mass is 17.1. The second-order valence-corrected chi connectivity index (χ2v) is 7.48. The van der Waals surface area contributed by atoms with Crippen molar-refractivity contribution >= 4 is 17.9 Å². The van der Waals surface area contributed by atoms with Crippen molar-refractivity contribution < 1.29 is 19.7 Å². The Morgan fingerprint density at radius 3 is 2.69 bits per heavy atom. The quantitative estimate of drug-likeness (QED) is 0.387. The molecular formula is C23H28N2O4. The van der Waals surface area contributed by atoms with Gasteiger partial charge in [0, 0.05) is 5.69 Å². The lowest BCUT2D eigenvalue weighted by Crippen LogP contribution is -2.54. The van der Waals surface area contributed by atoms with Gasteiger partial charge in [-0.15, -0.1) is 0 Å². The van der Waals surface area contributed by atoms with Crippen molar-refractivity contribution in [1.82, 2.24) is 5.32 Å². The Labute approximate surface area is 171 Å². The maximum Gasteiger partial charge on any atom is 0.244 e. The van der Waals surface area contributed by atoms with Crippen molar-refractivity contribution in [3.63, 3.8) is 0 Å². The van der Waals surface area contributed by atoms with Gasteiger partial charge in [-0.05, 0) is 49.8 Å². The summed E-state index contributed by atoms with van der Waals surface area (Å²) in [5.74, 6) is -0.134. The van der Waals surface area contributed by atoms with Crippen molar-refractivity contribution in [2.45, 2.75) is 50.7 Å². The first-order valence-electron chi connectivity index (χ1n) is 10.1. The predicted octanol–water partition coefficient (Wildman–Crippen LogP) is 3.00. The molecule has 6 heteroatoms. The van der Waals surface area contributed by atoms with Crippen molar-refractivity contribution in [3.05, 3.63) is 65.7 Å². The molecule has 3 rings (SSSR count). The molecule has 0 aliphatic carbocycles. The molecule has 0 saturated heterocycles. The number of para-hydroxylation sites is 1. The third-order valence-corrected chi connectivity index (χ3v) is 5.45. The molecular weight excluding hydrogens is 368 g/mol. The summed E-state index contributed by atoms with van der Waals surface area (Å²) in [7, 11) is 0. The summed E-state index contributed by atoms with van der Waals surface area (Å²) in [6, 6.07) is 16.5. The lowest BCUT2D eigenvalue weighted by Gasteiger charge is -2.38. The van der Waals surface area contributed by atoms with Gasteiger partial charge >= 0.3 is 0 Å². The Hall–Kier alpha value is -2.54. The number of amides is 1. The predicted molar refractivity (Wildman–Crippen MR) is 112 cm³/mol. The number of nitrogens with one attached hydrogen (secondary N) is 1. The molecule has 1 amide bonds. The Bertz CT molecular complexity index is 812. The molecule has 6 nitrogen and oxygen atoms in total. The molecule has 0 spiro atoms. The highest BCUT2D eigenvalue weighted by Crippen LogP contribution is 2.31. The zero-order valence-electron chi connectivity index (χ0n) is 16.7. The Morgan fingerprint density at radius 2 is 1.97 bits per heavy atom. The van der Waals surface area contributed by atoms with Crippen LogP contribution in [0.3, 0.4) is 0 Å². The van der Waals surface area contributed by atoms with Crippen LogP contribution in [0.1, 0.15) is 30.9 Å². The van der Waals surface area contributed by atoms with E-state index in [0.29, 0.717) is 12.8 Å². The van der Waals surface area contributed by atoms with E-state index in [1.807, 2.05) is 54.6 Å². The number of carbonyl (C=O) groups is 2. The number of rotatable bonds is 9. The van der Waals surface area contributed by atoms with Crippen molar-refractivity contribution in [1.29, 1.82) is 0 Å². The van der Waals surface area contributed by atoms with Crippen LogP contribution in [-0.4, -0.2) is 42.2 Å². The van der Waals surface area contributed by atoms with E-state index in [2.05, 4.69) is 10.2 Å². The van der Waals surface area contributed by atoms with Gasteiger partial charge in [0.15, 0.2) is 0 Å². The monoisotopic (exact) mass is 396 g/mol. The molecule has 3 atom stereocenters. The van der Waals surface area contributed by atoms with E-state index < -0.39 is 12.1 Å². The normalized spacial score (nSPS) is 18.0. The van der Waals surface area contributed by atoms with Crippen LogP contribution >= 0.6 is 0 Å². The lowest BCUT2D eigenvalue weighted by atomic mass is 9.95. The fourth-order valence-electron chi connectivity index (χ4n) is 3.91. The number of aldehydes is 1. The van der Waals surface area contributed by atoms with Gasteiger partial charge in [-0.25, -0.2) is 4.89 Å². The smallest absolute Gasteiger partial charge is 0.244 e. The van der Waals surface area contributed by atoms with E-state index in [9.17, 15) is 9.59 Å². The van der Waals surface area contributed by atoms with E-state index in [-0.39, 0.29) is 18.6 Å². The minimum absolute atomic E-state index is 0.0535. The summed E-state index contributed by atoms with van der Waals surface area (Å²) in [5.41, 5.74) is 3.09. The summed E-state index contributed by atoms with van der Waals surface area (Å²) in [4.78, 5) is 30.9. The highest BCUT2D eigenvalue weighted by Gasteiger charge is 2.34. The number of hydrogen-bond acceptors (Lipinski definition) is 5. The first-order valence-corrected chi connectivity index (χ1v) is 10.1. The molecule has 154 valence electrons. The first-order chi connectivity index (χ1) is 14.1. The molecule has 1 aliphatic heterocycles. The molecule has 0 aromatic heterocycles. The molecule has 0 bridgehead atoms. The molecule has 2 aromatic carbocycles. The average molecular weight is 396 g/mol. The maximum atomic E-state index is 13.3. The number of benzene rings is 2. The van der Waals surface area contributed by atoms with E-state index in [4.69, 9.17) is 5.26 Å². The molecule has 0 fully saturated rings.